The van der Waals surface area contributed by atoms with Gasteiger partial charge < -0.3 is 41.7 Å². The van der Waals surface area contributed by atoms with E-state index >= 15 is 0 Å². The van der Waals surface area contributed by atoms with E-state index in [0.29, 0.717) is 77.3 Å². The summed E-state index contributed by atoms with van der Waals surface area (Å²) in [5.41, 5.74) is -2.51. The van der Waals surface area contributed by atoms with E-state index in [1.807, 2.05) is 0 Å². The minimum atomic E-state index is -1.62. The molecule has 0 radical (unpaired) electrons. The molecule has 6 amide bonds. The zero-order valence-corrected chi connectivity index (χ0v) is 34.4. The number of nitrogens with one attached hydrogen (secondary N) is 6. The SMILES string of the molecule is CCN(CC)CCCNC(=O)C1CC(NC(=O)C2CCC(N=NC3(C(C)=O)C(=O)NC34CCC3NC(=O)NC3C4)CC2)CC(C(=O)NCCCN(CC)CC)C1. The summed E-state index contributed by atoms with van der Waals surface area (Å²) in [4.78, 5) is 83.4. The number of carbonyl (C=O) groups is 6. The Balaban J connectivity index is 1.15. The van der Waals surface area contributed by atoms with Crippen LogP contribution in [0.15, 0.2) is 10.2 Å². The van der Waals surface area contributed by atoms with Gasteiger partial charge in [0.15, 0.2) is 5.78 Å². The first-order valence-electron chi connectivity index (χ1n) is 21.5. The molecule has 16 heteroatoms. The van der Waals surface area contributed by atoms with Crippen molar-refractivity contribution in [2.75, 3.05) is 52.4 Å². The summed E-state index contributed by atoms with van der Waals surface area (Å²) in [7, 11) is 0. The molecule has 0 bridgehead atoms. The number of urea groups is 1. The summed E-state index contributed by atoms with van der Waals surface area (Å²) in [6, 6.07) is -1.03. The predicted octanol–water partition coefficient (Wildman–Crippen LogP) is 2.03. The van der Waals surface area contributed by atoms with Gasteiger partial charge >= 0.3 is 6.03 Å². The van der Waals surface area contributed by atoms with Gasteiger partial charge in [0.2, 0.25) is 23.3 Å². The molecule has 5 aliphatic rings. The summed E-state index contributed by atoms with van der Waals surface area (Å²) < 4.78 is 0. The first kappa shape index (κ1) is 43.5. The summed E-state index contributed by atoms with van der Waals surface area (Å²) in [5, 5.41) is 27.3. The molecule has 2 saturated heterocycles. The molecule has 3 aliphatic carbocycles. The van der Waals surface area contributed by atoms with Gasteiger partial charge in [-0.05, 0) is 123 Å². The third-order valence-corrected chi connectivity index (χ3v) is 13.4. The lowest BCUT2D eigenvalue weighted by Crippen LogP contribution is -2.85. The molecular formula is C40H68N10O6. The third kappa shape index (κ3) is 9.89. The molecule has 2 heterocycles. The van der Waals surface area contributed by atoms with Crippen molar-refractivity contribution in [3.8, 4) is 0 Å². The molecule has 1 spiro atoms. The third-order valence-electron chi connectivity index (χ3n) is 13.4. The molecule has 0 aromatic rings. The van der Waals surface area contributed by atoms with Crippen molar-refractivity contribution >= 4 is 35.4 Å². The zero-order chi connectivity index (χ0) is 40.5. The van der Waals surface area contributed by atoms with E-state index in [9.17, 15) is 28.8 Å². The summed E-state index contributed by atoms with van der Waals surface area (Å²) in [6.45, 7) is 16.7. The van der Waals surface area contributed by atoms with Crippen molar-refractivity contribution in [2.24, 2.45) is 28.0 Å². The van der Waals surface area contributed by atoms with Crippen LogP contribution < -0.4 is 31.9 Å². The molecular weight excluding hydrogens is 717 g/mol. The molecule has 56 heavy (non-hydrogen) atoms. The number of hydrogen-bond acceptors (Lipinski definition) is 10. The van der Waals surface area contributed by atoms with E-state index in [1.54, 1.807) is 0 Å². The van der Waals surface area contributed by atoms with Gasteiger partial charge in [-0.25, -0.2) is 4.79 Å². The molecule has 16 nitrogen and oxygen atoms in total. The second-order valence-electron chi connectivity index (χ2n) is 16.7. The molecule has 6 atom stereocenters. The van der Waals surface area contributed by atoms with Crippen LogP contribution in [0.4, 0.5) is 4.79 Å². The smallest absolute Gasteiger partial charge is 0.315 e. The van der Waals surface area contributed by atoms with E-state index in [1.165, 1.54) is 6.92 Å². The maximum atomic E-state index is 13.7. The Labute approximate surface area is 332 Å². The van der Waals surface area contributed by atoms with E-state index in [2.05, 4.69) is 79.6 Å². The van der Waals surface area contributed by atoms with Crippen LogP contribution in [0.2, 0.25) is 0 Å². The number of azo groups is 1. The lowest BCUT2D eigenvalue weighted by Gasteiger charge is -2.57. The molecule has 6 N–H and O–H groups in total. The first-order valence-corrected chi connectivity index (χ1v) is 21.5. The van der Waals surface area contributed by atoms with Gasteiger partial charge in [0.1, 0.15) is 0 Å². The van der Waals surface area contributed by atoms with E-state index in [4.69, 9.17) is 0 Å². The Morgan fingerprint density at radius 2 is 1.29 bits per heavy atom. The Kier molecular flexibility index (Phi) is 15.3. The second kappa shape index (κ2) is 19.7. The van der Waals surface area contributed by atoms with Gasteiger partial charge in [0, 0.05) is 36.9 Å². The van der Waals surface area contributed by atoms with Crippen molar-refractivity contribution in [1.82, 2.24) is 41.7 Å². The maximum absolute atomic E-state index is 13.7. The fourth-order valence-electron chi connectivity index (χ4n) is 9.83. The number of ketones is 1. The Hall–Kier alpha value is -3.66. The summed E-state index contributed by atoms with van der Waals surface area (Å²) in [6.07, 6.45) is 6.94. The van der Waals surface area contributed by atoms with Crippen LogP contribution in [0.25, 0.3) is 0 Å². The summed E-state index contributed by atoms with van der Waals surface area (Å²) >= 11 is 0. The van der Waals surface area contributed by atoms with Gasteiger partial charge in [-0.2, -0.15) is 10.2 Å². The van der Waals surface area contributed by atoms with Crippen LogP contribution in [0, 0.1) is 17.8 Å². The number of fused-ring (bicyclic) bond motifs is 1. The number of amides is 6. The molecule has 2 aliphatic heterocycles. The first-order chi connectivity index (χ1) is 26.9. The van der Waals surface area contributed by atoms with Crippen LogP contribution in [0.3, 0.4) is 0 Å². The molecule has 3 saturated carbocycles. The lowest BCUT2D eigenvalue weighted by molar-refractivity contribution is -0.155. The van der Waals surface area contributed by atoms with Crippen molar-refractivity contribution in [2.45, 2.75) is 147 Å². The van der Waals surface area contributed by atoms with Gasteiger partial charge in [-0.1, -0.05) is 27.7 Å². The van der Waals surface area contributed by atoms with Gasteiger partial charge in [-0.15, -0.1) is 0 Å². The fourth-order valence-corrected chi connectivity index (χ4v) is 9.83. The van der Waals surface area contributed by atoms with E-state index in [-0.39, 0.29) is 71.5 Å². The van der Waals surface area contributed by atoms with Crippen molar-refractivity contribution in [3.63, 3.8) is 0 Å². The highest BCUT2D eigenvalue weighted by Crippen LogP contribution is 2.48. The van der Waals surface area contributed by atoms with Crippen LogP contribution in [-0.4, -0.2) is 133 Å². The van der Waals surface area contributed by atoms with Crippen molar-refractivity contribution in [3.05, 3.63) is 0 Å². The minimum Gasteiger partial charge on any atom is -0.356 e. The Morgan fingerprint density at radius 1 is 0.732 bits per heavy atom. The number of hydrogen-bond donors (Lipinski definition) is 6. The van der Waals surface area contributed by atoms with Gasteiger partial charge in [-0.3, -0.25) is 24.0 Å². The maximum Gasteiger partial charge on any atom is 0.315 e. The predicted molar refractivity (Wildman–Crippen MR) is 212 cm³/mol. The molecule has 314 valence electrons. The monoisotopic (exact) mass is 785 g/mol. The Morgan fingerprint density at radius 3 is 1.80 bits per heavy atom. The normalized spacial score (nSPS) is 32.7. The standard InChI is InChI=1S/C40H68N10O6/c1-6-49(7-2)20-10-18-41-34(52)28-22-29(35(53)42-19-11-21-50(8-3)9-4)24-31(23-28)43-36(54)27-12-14-30(15-13-27)47-48-40(26(5)51)37(55)46-39(40)17-16-32-33(25-39)45-38(56)44-32/h27-33H,6-25H2,1-5H3,(H,41,52)(H,42,53)(H,43,54)(H,46,55)(H2,44,45,56). The average molecular weight is 785 g/mol. The highest BCUT2D eigenvalue weighted by Gasteiger charge is 2.72. The molecule has 5 fully saturated rings. The number of nitrogens with zero attached hydrogens (tertiary/aromatic N) is 4. The quantitative estimate of drug-likeness (QED) is 0.0494. The van der Waals surface area contributed by atoms with Crippen LogP contribution in [-0.2, 0) is 24.0 Å². The van der Waals surface area contributed by atoms with Crippen LogP contribution in [0.1, 0.15) is 112 Å². The summed E-state index contributed by atoms with van der Waals surface area (Å²) in [5.74, 6) is -2.01. The number of β-lactam (4-membered cyclic amide) rings is 1. The average Bonchev–Trinajstić information content (AvgIpc) is 3.56. The fraction of sp³-hybridized carbons (Fsp3) is 0.850. The number of carbonyl (C=O) groups excluding carboxylic acids is 6. The van der Waals surface area contributed by atoms with E-state index < -0.39 is 17.0 Å². The largest absolute Gasteiger partial charge is 0.356 e. The second-order valence-corrected chi connectivity index (χ2v) is 16.7. The minimum absolute atomic E-state index is 0.0476. The molecule has 0 aromatic carbocycles. The van der Waals surface area contributed by atoms with Crippen molar-refractivity contribution in [1.29, 1.82) is 0 Å². The highest BCUT2D eigenvalue weighted by atomic mass is 16.2. The number of rotatable bonds is 19. The topological polar surface area (TPSA) is 206 Å². The zero-order valence-electron chi connectivity index (χ0n) is 34.4. The molecule has 0 aromatic heterocycles. The lowest BCUT2D eigenvalue weighted by atomic mass is 9.58. The van der Waals surface area contributed by atoms with Crippen LogP contribution in [0.5, 0.6) is 0 Å². The number of Topliss-reactive ketones (excluding diaryl/α,β-unsaturated/α-hetero) is 1. The molecule has 5 rings (SSSR count). The van der Waals surface area contributed by atoms with Gasteiger partial charge in [0.25, 0.3) is 5.91 Å². The van der Waals surface area contributed by atoms with Crippen LogP contribution >= 0.6 is 0 Å². The van der Waals surface area contributed by atoms with Gasteiger partial charge in [0.05, 0.1) is 23.7 Å². The van der Waals surface area contributed by atoms with Crippen molar-refractivity contribution < 1.29 is 28.8 Å². The van der Waals surface area contributed by atoms with E-state index in [0.717, 1.165) is 52.1 Å². The molecule has 6 unspecified atom stereocenters. The highest BCUT2D eigenvalue weighted by molar-refractivity contribution is 6.17. The Bertz CT molecular complexity index is 1400.